The van der Waals surface area contributed by atoms with E-state index in [2.05, 4.69) is 61.7 Å². The summed E-state index contributed by atoms with van der Waals surface area (Å²) in [5.41, 5.74) is 6.77. The molecule has 5 heteroatoms. The first-order valence-electron chi connectivity index (χ1n) is 12.7. The lowest BCUT2D eigenvalue weighted by molar-refractivity contribution is -0.124. The van der Waals surface area contributed by atoms with E-state index in [-0.39, 0.29) is 11.9 Å². The molecule has 0 N–H and O–H groups in total. The van der Waals surface area contributed by atoms with Crippen LogP contribution in [0, 0.1) is 13.8 Å². The number of carbonyl (C=O) groups excluding carboxylic acids is 1. The highest BCUT2D eigenvalue weighted by molar-refractivity contribution is 8.18. The quantitative estimate of drug-likeness (QED) is 0.351. The zero-order chi connectivity index (χ0) is 24.4. The summed E-state index contributed by atoms with van der Waals surface area (Å²) < 4.78 is 2.27. The van der Waals surface area contributed by atoms with Gasteiger partial charge in [-0.2, -0.15) is 0 Å². The number of aryl methyl sites for hydroxylation is 2. The van der Waals surface area contributed by atoms with Gasteiger partial charge in [0.05, 0.1) is 10.6 Å². The SMILES string of the molecule is CCc1ccc(-n2c(C)cc(/C=C3\SC(=Nc4ccccc4)N(C4CCCCC4)C3=O)c2C)cc1. The smallest absolute Gasteiger partial charge is 0.267 e. The van der Waals surface area contributed by atoms with Gasteiger partial charge in [0.2, 0.25) is 0 Å². The molecule has 0 unspecified atom stereocenters. The molecule has 4 nitrogen and oxygen atoms in total. The fourth-order valence-electron chi connectivity index (χ4n) is 5.19. The Kier molecular flexibility index (Phi) is 6.96. The highest BCUT2D eigenvalue weighted by Gasteiger charge is 2.38. The van der Waals surface area contributed by atoms with Crippen LogP contribution < -0.4 is 0 Å². The van der Waals surface area contributed by atoms with Crippen LogP contribution in [0.3, 0.4) is 0 Å². The highest BCUT2D eigenvalue weighted by Crippen LogP contribution is 2.39. The Morgan fingerprint density at radius 3 is 2.40 bits per heavy atom. The molecule has 0 atom stereocenters. The number of benzene rings is 2. The van der Waals surface area contributed by atoms with E-state index in [0.717, 1.165) is 57.7 Å². The molecule has 2 fully saturated rings. The van der Waals surface area contributed by atoms with Gasteiger partial charge in [0.1, 0.15) is 0 Å². The molecule has 3 aromatic rings. The van der Waals surface area contributed by atoms with Gasteiger partial charge >= 0.3 is 0 Å². The topological polar surface area (TPSA) is 37.6 Å². The molecule has 1 saturated carbocycles. The van der Waals surface area contributed by atoms with Gasteiger partial charge in [-0.1, -0.05) is 56.5 Å². The third kappa shape index (κ3) is 4.87. The van der Waals surface area contributed by atoms with E-state index in [0.29, 0.717) is 0 Å². The summed E-state index contributed by atoms with van der Waals surface area (Å²) in [4.78, 5) is 21.3. The largest absolute Gasteiger partial charge is 0.318 e. The van der Waals surface area contributed by atoms with Crippen LogP contribution in [0.5, 0.6) is 0 Å². The average molecular weight is 484 g/mol. The number of nitrogens with zero attached hydrogens (tertiary/aromatic N) is 3. The van der Waals surface area contributed by atoms with Crippen molar-refractivity contribution >= 4 is 34.6 Å². The molecular weight excluding hydrogens is 450 g/mol. The summed E-state index contributed by atoms with van der Waals surface area (Å²) in [7, 11) is 0. The lowest BCUT2D eigenvalue weighted by Gasteiger charge is -2.30. The minimum atomic E-state index is 0.0914. The van der Waals surface area contributed by atoms with E-state index in [1.807, 2.05) is 35.2 Å². The number of aliphatic imine (C=N–C) groups is 1. The molecule has 0 radical (unpaired) electrons. The minimum Gasteiger partial charge on any atom is -0.318 e. The molecule has 2 heterocycles. The monoisotopic (exact) mass is 483 g/mol. The van der Waals surface area contributed by atoms with Crippen LogP contribution in [0.25, 0.3) is 11.8 Å². The van der Waals surface area contributed by atoms with E-state index in [4.69, 9.17) is 4.99 Å². The molecule has 0 spiro atoms. The van der Waals surface area contributed by atoms with E-state index in [1.54, 1.807) is 0 Å². The number of thioether (sulfide) groups is 1. The third-order valence-electron chi connectivity index (χ3n) is 7.12. The average Bonchev–Trinajstić information content (AvgIpc) is 3.34. The van der Waals surface area contributed by atoms with Crippen molar-refractivity contribution in [2.24, 2.45) is 4.99 Å². The first-order chi connectivity index (χ1) is 17.0. The molecule has 2 aromatic carbocycles. The second kappa shape index (κ2) is 10.3. The van der Waals surface area contributed by atoms with Gasteiger partial charge in [-0.05, 0) is 92.4 Å². The number of aromatic nitrogens is 1. The van der Waals surface area contributed by atoms with Gasteiger partial charge in [-0.3, -0.25) is 9.69 Å². The van der Waals surface area contributed by atoms with Crippen molar-refractivity contribution in [3.05, 3.63) is 88.1 Å². The van der Waals surface area contributed by atoms with E-state index in [1.165, 1.54) is 36.6 Å². The van der Waals surface area contributed by atoms with Crippen LogP contribution in [0.1, 0.15) is 61.5 Å². The Balaban J connectivity index is 1.50. The summed E-state index contributed by atoms with van der Waals surface area (Å²) in [6, 6.07) is 21.1. The van der Waals surface area contributed by atoms with Crippen molar-refractivity contribution in [1.29, 1.82) is 0 Å². The maximum Gasteiger partial charge on any atom is 0.267 e. The number of para-hydroxylation sites is 1. The molecule has 1 saturated heterocycles. The second-order valence-corrected chi connectivity index (χ2v) is 10.5. The molecular formula is C30H33N3OS. The van der Waals surface area contributed by atoms with Gasteiger partial charge < -0.3 is 4.57 Å². The maximum absolute atomic E-state index is 13.7. The van der Waals surface area contributed by atoms with Crippen LogP contribution in [0.2, 0.25) is 0 Å². The van der Waals surface area contributed by atoms with Crippen LogP contribution in [0.4, 0.5) is 5.69 Å². The Labute approximate surface area is 212 Å². The predicted molar refractivity (Wildman–Crippen MR) is 147 cm³/mol. The molecule has 1 amide bonds. The number of amides is 1. The molecule has 1 aliphatic carbocycles. The molecule has 1 aromatic heterocycles. The lowest BCUT2D eigenvalue weighted by Crippen LogP contribution is -2.40. The fourth-order valence-corrected chi connectivity index (χ4v) is 6.24. The van der Waals surface area contributed by atoms with Crippen molar-refractivity contribution in [1.82, 2.24) is 9.47 Å². The summed E-state index contributed by atoms with van der Waals surface area (Å²) >= 11 is 1.51. The van der Waals surface area contributed by atoms with Crippen molar-refractivity contribution in [3.8, 4) is 5.69 Å². The van der Waals surface area contributed by atoms with Gasteiger partial charge in [0.25, 0.3) is 5.91 Å². The number of hydrogen-bond donors (Lipinski definition) is 0. The molecule has 35 heavy (non-hydrogen) atoms. The number of amidine groups is 1. The predicted octanol–water partition coefficient (Wildman–Crippen LogP) is 7.59. The van der Waals surface area contributed by atoms with E-state index < -0.39 is 0 Å². The number of carbonyl (C=O) groups is 1. The number of rotatable bonds is 5. The van der Waals surface area contributed by atoms with Gasteiger partial charge in [0, 0.05) is 23.1 Å². The van der Waals surface area contributed by atoms with Crippen LogP contribution in [-0.4, -0.2) is 26.6 Å². The Hall–Kier alpha value is -3.05. The molecule has 1 aliphatic heterocycles. The molecule has 5 rings (SSSR count). The lowest BCUT2D eigenvalue weighted by atomic mass is 9.94. The zero-order valence-corrected chi connectivity index (χ0v) is 21.6. The fraction of sp³-hybridized carbons (Fsp3) is 0.333. The summed E-state index contributed by atoms with van der Waals surface area (Å²) in [6.45, 7) is 6.44. The van der Waals surface area contributed by atoms with Crippen LogP contribution in [-0.2, 0) is 11.2 Å². The summed E-state index contributed by atoms with van der Waals surface area (Å²) in [5, 5.41) is 0.809. The van der Waals surface area contributed by atoms with Crippen LogP contribution in [0.15, 0.2) is 70.6 Å². The van der Waals surface area contributed by atoms with E-state index in [9.17, 15) is 4.79 Å². The van der Waals surface area contributed by atoms with Gasteiger partial charge in [-0.25, -0.2) is 4.99 Å². The van der Waals surface area contributed by atoms with Crippen molar-refractivity contribution in [3.63, 3.8) is 0 Å². The first-order valence-corrected chi connectivity index (χ1v) is 13.5. The second-order valence-electron chi connectivity index (χ2n) is 9.49. The van der Waals surface area contributed by atoms with Crippen molar-refractivity contribution in [2.45, 2.75) is 65.3 Å². The standard InChI is InChI=1S/C30H33N3OS/c1-4-23-15-17-27(18-16-23)32-21(2)19-24(22(32)3)20-28-29(34)33(26-13-9-6-10-14-26)30(35-28)31-25-11-7-5-8-12-25/h5,7-8,11-12,15-20,26H,4,6,9-10,13-14H2,1-3H3/b28-20-,31-30?. The van der Waals surface area contributed by atoms with Crippen molar-refractivity contribution in [2.75, 3.05) is 0 Å². The highest BCUT2D eigenvalue weighted by atomic mass is 32.2. The third-order valence-corrected chi connectivity index (χ3v) is 8.10. The van der Waals surface area contributed by atoms with E-state index >= 15 is 0 Å². The van der Waals surface area contributed by atoms with Gasteiger partial charge in [-0.15, -0.1) is 0 Å². The Morgan fingerprint density at radius 2 is 1.71 bits per heavy atom. The van der Waals surface area contributed by atoms with Crippen molar-refractivity contribution < 1.29 is 4.79 Å². The molecule has 180 valence electrons. The molecule has 0 bridgehead atoms. The number of hydrogen-bond acceptors (Lipinski definition) is 3. The molecule has 2 aliphatic rings. The zero-order valence-electron chi connectivity index (χ0n) is 20.8. The normalized spacial score (nSPS) is 19.3. The minimum absolute atomic E-state index is 0.0914. The Bertz CT molecular complexity index is 1260. The van der Waals surface area contributed by atoms with Gasteiger partial charge in [0.15, 0.2) is 5.17 Å². The maximum atomic E-state index is 13.7. The Morgan fingerprint density at radius 1 is 1.00 bits per heavy atom. The summed E-state index contributed by atoms with van der Waals surface area (Å²) in [5.74, 6) is 0.0914. The van der Waals surface area contributed by atoms with Crippen LogP contribution >= 0.6 is 11.8 Å². The first kappa shape index (κ1) is 23.7. The summed E-state index contributed by atoms with van der Waals surface area (Å²) in [6.07, 6.45) is 8.81.